The molecular formula is C98H94N22O9. The Kier molecular flexibility index (Phi) is 23.7. The maximum atomic E-state index is 10.0. The molecule has 0 atom stereocenters. The van der Waals surface area contributed by atoms with Crippen molar-refractivity contribution in [2.24, 2.45) is 14.1 Å². The quantitative estimate of drug-likeness (QED) is 0.0403. The number of aryl methyl sites for hydroxylation is 2. The van der Waals surface area contributed by atoms with Crippen LogP contribution in [0.15, 0.2) is 238 Å². The lowest BCUT2D eigenvalue weighted by Gasteiger charge is -2.26. The van der Waals surface area contributed by atoms with Crippen LogP contribution < -0.4 is 63.2 Å². The second-order valence-corrected chi connectivity index (χ2v) is 28.5. The summed E-state index contributed by atoms with van der Waals surface area (Å²) in [6.07, 6.45) is 30.3. The Morgan fingerprint density at radius 3 is 1.12 bits per heavy atom. The van der Waals surface area contributed by atoms with E-state index in [9.17, 15) is 5.11 Å². The maximum absolute atomic E-state index is 10.0. The summed E-state index contributed by atoms with van der Waals surface area (Å²) in [5.74, 6) is 14.9. The zero-order valence-corrected chi connectivity index (χ0v) is 71.6. The number of hydrogen-bond acceptors (Lipinski definition) is 27. The highest BCUT2D eigenvalue weighted by atomic mass is 16.5. The maximum Gasteiger partial charge on any atom is 0.124 e. The van der Waals surface area contributed by atoms with Gasteiger partial charge >= 0.3 is 0 Å². The molecule has 17 rings (SSSR count). The van der Waals surface area contributed by atoms with Crippen molar-refractivity contribution in [3.05, 3.63) is 244 Å². The van der Waals surface area contributed by atoms with Gasteiger partial charge in [-0.05, 0) is 111 Å². The zero-order chi connectivity index (χ0) is 101. The molecule has 0 bridgehead atoms. The first-order chi connectivity index (χ1) is 67.3. The number of H-pyrrole nitrogens is 1. The van der Waals surface area contributed by atoms with Crippen LogP contribution in [0.5, 0.6) is 46.0 Å². The fourth-order valence-electron chi connectivity index (χ4n) is 13.4. The first-order valence-electron chi connectivity index (χ1n) is 45.6. The smallest absolute Gasteiger partial charge is 0.124 e. The van der Waals surface area contributed by atoms with Crippen LogP contribution in [0.2, 0.25) is 0 Å². The summed E-state index contributed by atoms with van der Waals surface area (Å²) in [6, 6.07) is 45.4. The number of nitrogen functional groups attached to an aromatic ring is 1. The SMILES string of the molecule is C#CCN(c1cc(OC)cc(OC)c1)c1ccc2ncc(-c3cn[nH]c3)nc2c1.C#CCN(c1cc(OC)cc(OC)c1)c1ccc2ncc(-c3cnn(C(C)C)c3)nc2c1.COc1cc(OC)cc(N(CC#Cc2cc(N)ccn2)c2ccc3ncc(-c4cnn(C)c4)nc3c2)c1.[2H]C([2H])([2H])Oc1cc(OC([2H])([2H])[2H])cc(N(c2ccc3ncc(-c4cnn(C)c4)nc3c2)C([2H])([2H])C([2H])([2H])C([2H])([2H])O)c1. The van der Waals surface area contributed by atoms with Gasteiger partial charge in [0.25, 0.3) is 0 Å². The van der Waals surface area contributed by atoms with E-state index in [1.165, 1.54) is 24.4 Å². The van der Waals surface area contributed by atoms with Gasteiger partial charge in [0.1, 0.15) is 51.7 Å². The average Bonchev–Trinajstić information content (AvgIpc) is 1.05. The molecule has 17 aromatic rings. The van der Waals surface area contributed by atoms with Crippen molar-refractivity contribution in [3.8, 4) is 128 Å². The van der Waals surface area contributed by atoms with Crippen molar-refractivity contribution in [2.75, 3.05) is 115 Å². The Labute approximate surface area is 762 Å². The van der Waals surface area contributed by atoms with E-state index >= 15 is 0 Å². The van der Waals surface area contributed by atoms with E-state index in [0.29, 0.717) is 87.2 Å². The van der Waals surface area contributed by atoms with Crippen LogP contribution >= 0.6 is 0 Å². The van der Waals surface area contributed by atoms with E-state index in [2.05, 4.69) is 97.8 Å². The number of anilines is 9. The van der Waals surface area contributed by atoms with E-state index in [4.69, 9.17) is 87.9 Å². The molecule has 0 unspecified atom stereocenters. The number of terminal acetylenes is 2. The number of nitrogens with one attached hydrogen (secondary N) is 1. The van der Waals surface area contributed by atoms with E-state index in [1.54, 1.807) is 127 Å². The van der Waals surface area contributed by atoms with Gasteiger partial charge in [-0.25, -0.2) is 24.9 Å². The summed E-state index contributed by atoms with van der Waals surface area (Å²) in [5.41, 5.74) is 23.0. The number of pyridine rings is 1. The number of aromatic amines is 1. The molecule has 0 saturated heterocycles. The highest BCUT2D eigenvalue weighted by Crippen LogP contribution is 2.40. The molecule has 31 heteroatoms. The lowest BCUT2D eigenvalue weighted by Crippen LogP contribution is -2.19. The van der Waals surface area contributed by atoms with Gasteiger partial charge < -0.3 is 68.3 Å². The summed E-state index contributed by atoms with van der Waals surface area (Å²) in [5, 5.41) is 29.6. The van der Waals surface area contributed by atoms with Crippen LogP contribution in [-0.4, -0.2) is 179 Å². The largest absolute Gasteiger partial charge is 0.497 e. The van der Waals surface area contributed by atoms with Crippen LogP contribution in [0, 0.1) is 36.5 Å². The number of aromatic nitrogens is 17. The number of fused-ring (bicyclic) bond motifs is 4. The van der Waals surface area contributed by atoms with Crippen LogP contribution in [0.4, 0.5) is 51.2 Å². The third-order valence-electron chi connectivity index (χ3n) is 19.8. The third-order valence-corrected chi connectivity index (χ3v) is 19.8. The molecule has 129 heavy (non-hydrogen) atoms. The Morgan fingerprint density at radius 1 is 0.419 bits per heavy atom. The van der Waals surface area contributed by atoms with E-state index in [0.717, 1.165) is 119 Å². The predicted octanol–water partition coefficient (Wildman–Crippen LogP) is 16.5. The molecule has 9 aromatic heterocycles. The highest BCUT2D eigenvalue weighted by Gasteiger charge is 2.21. The van der Waals surface area contributed by atoms with Gasteiger partial charge in [-0.15, -0.1) is 12.8 Å². The molecule has 0 spiro atoms. The number of aliphatic hydroxyl groups is 1. The molecular weight excluding hydrogens is 1630 g/mol. The van der Waals surface area contributed by atoms with Crippen LogP contribution in [0.1, 0.15) is 48.4 Å². The second kappa shape index (κ2) is 41.6. The molecule has 0 radical (unpaired) electrons. The fourth-order valence-corrected chi connectivity index (χ4v) is 13.4. The molecule has 0 aliphatic heterocycles. The van der Waals surface area contributed by atoms with Crippen molar-refractivity contribution in [1.29, 1.82) is 0 Å². The summed E-state index contributed by atoms with van der Waals surface area (Å²) in [6.45, 7) is -1.89. The molecule has 0 aliphatic carbocycles. The van der Waals surface area contributed by atoms with Crippen molar-refractivity contribution in [3.63, 3.8) is 0 Å². The van der Waals surface area contributed by atoms with Gasteiger partial charge in [0, 0.05) is 216 Å². The van der Waals surface area contributed by atoms with Crippen molar-refractivity contribution >= 4 is 95.3 Å². The van der Waals surface area contributed by atoms with Crippen LogP contribution in [0.25, 0.3) is 89.2 Å². The van der Waals surface area contributed by atoms with Crippen molar-refractivity contribution < 1.29 is 59.5 Å². The van der Waals surface area contributed by atoms with Gasteiger partial charge in [-0.1, -0.05) is 17.8 Å². The monoisotopic (exact) mass is 1730 g/mol. The Morgan fingerprint density at radius 2 is 0.783 bits per heavy atom. The summed E-state index contributed by atoms with van der Waals surface area (Å²) in [7, 11) is 7.25. The molecule has 4 N–H and O–H groups in total. The minimum atomic E-state index is -3.73. The Bertz CT molecular complexity index is 7400. The third kappa shape index (κ3) is 21.7. The molecule has 0 amide bonds. The number of nitrogens with zero attached hydrogens (tertiary/aromatic N) is 20. The molecule has 650 valence electrons. The van der Waals surface area contributed by atoms with Gasteiger partial charge in [0.2, 0.25) is 0 Å². The number of benzene rings is 8. The molecule has 0 saturated carbocycles. The van der Waals surface area contributed by atoms with Gasteiger partial charge in [-0.2, -0.15) is 20.4 Å². The number of methoxy groups -OCH3 is 8. The highest BCUT2D eigenvalue weighted by molar-refractivity contribution is 5.87. The van der Waals surface area contributed by atoms with E-state index < -0.39 is 50.7 Å². The molecule has 0 aliphatic rings. The predicted molar refractivity (Wildman–Crippen MR) is 503 cm³/mol. The lowest BCUT2D eigenvalue weighted by atomic mass is 10.2. The number of ether oxygens (including phenoxy) is 8. The van der Waals surface area contributed by atoms with Gasteiger partial charge in [-0.3, -0.25) is 39.1 Å². The Balaban J connectivity index is 0.000000151. The number of nitrogens with two attached hydrogens (primary N) is 1. The molecule has 8 aromatic carbocycles. The molecule has 0 fully saturated rings. The summed E-state index contributed by atoms with van der Waals surface area (Å²) in [4.78, 5) is 48.0. The minimum Gasteiger partial charge on any atom is -0.497 e. The Hall–Kier alpha value is -16.9. The summed E-state index contributed by atoms with van der Waals surface area (Å²) < 4.78 is 142. The number of rotatable bonds is 27. The standard InChI is InChI=1S/C28H25N7O2.C25H25N5O2.C23H25N5O3.C22H19N5O2/c1-34-18-19(16-32-34)28-17-31-26-7-6-22(14-27(26)33-28)35(10-4-5-21-11-20(29)8-9-30-21)23-12-24(36-2)15-25(13-23)37-3;1-6-9-29(20-10-21(31-4)13-22(11-20)32-5)19-7-8-23-24(12-19)28-25(15-26-23)18-14-27-30(16-18)17(2)3;1-27-15-16(13-25-27)23-14-24-21-6-5-17(11-22(21)26-23)28(7-4-8-29)18-9-19(30-2)12-20(10-18)31-3;1-4-7-27(17-8-18(28-2)11-19(9-17)29-3)16-5-6-20-21(10-16)26-22(14-23-20)15-12-24-25-13-15/h6-9,11-18H,10H2,1-3H3,(H2,29,30);1,7-8,10-17H,9H2,2-5H3;5-6,9-15,29H,4,7-8H2,1-3H3;1,5-6,8-14H,7H2,2-3H3,(H,24,25)/i;;2D3,3D3,4D2,7D2,8D2;. The first-order valence-corrected chi connectivity index (χ1v) is 39.6. The molecule has 31 nitrogen and oxygen atoms in total. The van der Waals surface area contributed by atoms with Crippen LogP contribution in [0.3, 0.4) is 0 Å². The average molecular weight is 1740 g/mol. The van der Waals surface area contributed by atoms with Gasteiger partial charge in [0.15, 0.2) is 0 Å². The number of hydrogen-bond donors (Lipinski definition) is 3. The van der Waals surface area contributed by atoms with E-state index in [-0.39, 0.29) is 17.2 Å². The van der Waals surface area contributed by atoms with Gasteiger partial charge in [0.05, 0.1) is 204 Å². The normalized spacial score (nSPS) is 12.6. The minimum absolute atomic E-state index is 0.158. The summed E-state index contributed by atoms with van der Waals surface area (Å²) >= 11 is 0. The van der Waals surface area contributed by atoms with Crippen molar-refractivity contribution in [1.82, 2.24) is 84.4 Å². The first kappa shape index (κ1) is 73.7. The molecule has 9 heterocycles. The lowest BCUT2D eigenvalue weighted by molar-refractivity contribution is 0.291. The second-order valence-electron chi connectivity index (χ2n) is 28.5. The zero-order valence-electron chi connectivity index (χ0n) is 83.6. The van der Waals surface area contributed by atoms with Crippen LogP contribution in [-0.2, 0) is 14.1 Å². The fraction of sp³-hybridized carbons (Fsp3) is 0.194. The topological polar surface area (TPSA) is 331 Å². The van der Waals surface area contributed by atoms with Crippen molar-refractivity contribution in [2.45, 2.75) is 26.3 Å². The van der Waals surface area contributed by atoms with E-state index in [1.807, 2.05) is 149 Å².